The molecule has 0 N–H and O–H groups in total. The number of hydrogen-bond donors (Lipinski definition) is 0. The van der Waals surface area contributed by atoms with E-state index in [4.69, 9.17) is 39.0 Å². The van der Waals surface area contributed by atoms with Gasteiger partial charge in [-0.3, -0.25) is 15.1 Å². The molecular formula is C19H11Cl3N2O5S. The molecule has 0 atom stereocenters. The first-order valence-corrected chi connectivity index (χ1v) is 10.7. The van der Waals surface area contributed by atoms with Crippen LogP contribution >= 0.6 is 34.8 Å². The highest BCUT2D eigenvalue weighted by atomic mass is 35.5. The van der Waals surface area contributed by atoms with E-state index in [1.165, 1.54) is 66.9 Å². The van der Waals surface area contributed by atoms with Crippen LogP contribution in [0.25, 0.3) is 0 Å². The summed E-state index contributed by atoms with van der Waals surface area (Å²) >= 11 is 18.0. The van der Waals surface area contributed by atoms with Crippen molar-refractivity contribution in [3.63, 3.8) is 0 Å². The summed E-state index contributed by atoms with van der Waals surface area (Å²) in [7, 11) is -4.21. The van der Waals surface area contributed by atoms with Crippen LogP contribution in [0.1, 0.15) is 5.56 Å². The fourth-order valence-corrected chi connectivity index (χ4v) is 4.02. The van der Waals surface area contributed by atoms with Gasteiger partial charge in [0.2, 0.25) is 0 Å². The first-order valence-electron chi connectivity index (χ1n) is 8.13. The van der Waals surface area contributed by atoms with Crippen LogP contribution in [0.5, 0.6) is 5.75 Å². The average molecular weight is 486 g/mol. The van der Waals surface area contributed by atoms with Crippen molar-refractivity contribution in [2.45, 2.75) is 4.90 Å². The highest BCUT2D eigenvalue weighted by Gasteiger charge is 2.21. The lowest BCUT2D eigenvalue weighted by molar-refractivity contribution is -0.384. The molecule has 0 aliphatic carbocycles. The van der Waals surface area contributed by atoms with Crippen LogP contribution in [0.15, 0.2) is 70.6 Å². The maximum Gasteiger partial charge on any atom is 0.339 e. The van der Waals surface area contributed by atoms with Crippen molar-refractivity contribution < 1.29 is 17.5 Å². The lowest BCUT2D eigenvalue weighted by Gasteiger charge is -2.12. The van der Waals surface area contributed by atoms with E-state index in [-0.39, 0.29) is 31.9 Å². The monoisotopic (exact) mass is 484 g/mol. The number of halogens is 3. The molecule has 0 fully saturated rings. The van der Waals surface area contributed by atoms with Crippen molar-refractivity contribution in [2.75, 3.05) is 0 Å². The molecule has 3 aromatic rings. The lowest BCUT2D eigenvalue weighted by Crippen LogP contribution is -2.11. The Balaban J connectivity index is 1.96. The van der Waals surface area contributed by atoms with Gasteiger partial charge in [0.15, 0.2) is 5.75 Å². The van der Waals surface area contributed by atoms with Crippen molar-refractivity contribution in [1.29, 1.82) is 0 Å². The third-order valence-electron chi connectivity index (χ3n) is 3.75. The van der Waals surface area contributed by atoms with Gasteiger partial charge in [-0.25, -0.2) is 0 Å². The fraction of sp³-hybridized carbons (Fsp3) is 0. The number of nitro benzene ring substituents is 1. The lowest BCUT2D eigenvalue weighted by atomic mass is 10.2. The Morgan fingerprint density at radius 2 is 1.57 bits per heavy atom. The molecule has 7 nitrogen and oxygen atoms in total. The average Bonchev–Trinajstić information content (AvgIpc) is 2.69. The summed E-state index contributed by atoms with van der Waals surface area (Å²) in [6.07, 6.45) is 1.30. The Morgan fingerprint density at radius 1 is 0.933 bits per heavy atom. The van der Waals surface area contributed by atoms with Gasteiger partial charge in [0.25, 0.3) is 5.69 Å². The van der Waals surface area contributed by atoms with Gasteiger partial charge >= 0.3 is 10.1 Å². The SMILES string of the molecule is O=[N+]([O-])c1ccc(N=Cc2cc(Cl)cc(Cl)c2OS(=O)(=O)c2ccc(Cl)cc2)cc1. The van der Waals surface area contributed by atoms with Crippen molar-refractivity contribution in [3.8, 4) is 5.75 Å². The second kappa shape index (κ2) is 9.01. The van der Waals surface area contributed by atoms with Gasteiger partial charge in [0, 0.05) is 34.0 Å². The summed E-state index contributed by atoms with van der Waals surface area (Å²) in [6.45, 7) is 0. The van der Waals surface area contributed by atoms with Crippen LogP contribution in [0, 0.1) is 10.1 Å². The molecule has 0 saturated heterocycles. The van der Waals surface area contributed by atoms with Crippen LogP contribution < -0.4 is 4.18 Å². The molecule has 3 rings (SSSR count). The molecule has 0 bridgehead atoms. The van der Waals surface area contributed by atoms with E-state index in [0.717, 1.165) is 0 Å². The molecule has 30 heavy (non-hydrogen) atoms. The predicted octanol–water partition coefficient (Wildman–Crippen LogP) is 6.07. The Morgan fingerprint density at radius 3 is 2.17 bits per heavy atom. The van der Waals surface area contributed by atoms with Gasteiger partial charge in [0.1, 0.15) is 4.90 Å². The Bertz CT molecular complexity index is 1230. The highest BCUT2D eigenvalue weighted by Crippen LogP contribution is 2.34. The largest absolute Gasteiger partial charge is 0.377 e. The minimum Gasteiger partial charge on any atom is -0.377 e. The number of benzene rings is 3. The minimum absolute atomic E-state index is 0.0369. The van der Waals surface area contributed by atoms with E-state index in [1.807, 2.05) is 0 Å². The van der Waals surface area contributed by atoms with Gasteiger partial charge in [-0.15, -0.1) is 0 Å². The van der Waals surface area contributed by atoms with E-state index in [0.29, 0.717) is 10.7 Å². The normalized spacial score (nSPS) is 11.6. The van der Waals surface area contributed by atoms with Gasteiger partial charge in [-0.2, -0.15) is 8.42 Å². The topological polar surface area (TPSA) is 98.9 Å². The number of nitro groups is 1. The summed E-state index contributed by atoms with van der Waals surface area (Å²) in [5, 5.41) is 11.3. The van der Waals surface area contributed by atoms with E-state index in [9.17, 15) is 18.5 Å². The van der Waals surface area contributed by atoms with E-state index in [2.05, 4.69) is 4.99 Å². The maximum absolute atomic E-state index is 12.6. The summed E-state index contributed by atoms with van der Waals surface area (Å²) < 4.78 is 30.5. The van der Waals surface area contributed by atoms with E-state index < -0.39 is 15.0 Å². The van der Waals surface area contributed by atoms with Crippen LogP contribution in [0.2, 0.25) is 15.1 Å². The molecule has 0 heterocycles. The molecule has 11 heteroatoms. The highest BCUT2D eigenvalue weighted by molar-refractivity contribution is 7.87. The quantitative estimate of drug-likeness (QED) is 0.182. The summed E-state index contributed by atoms with van der Waals surface area (Å²) in [5.41, 5.74) is 0.504. The minimum atomic E-state index is -4.21. The van der Waals surface area contributed by atoms with Crippen LogP contribution in [-0.2, 0) is 10.1 Å². The second-order valence-electron chi connectivity index (χ2n) is 5.83. The number of hydrogen-bond acceptors (Lipinski definition) is 6. The molecule has 0 aromatic heterocycles. The zero-order chi connectivity index (χ0) is 21.9. The van der Waals surface area contributed by atoms with Crippen LogP contribution in [0.4, 0.5) is 11.4 Å². The molecule has 0 unspecified atom stereocenters. The summed E-state index contributed by atoms with van der Waals surface area (Å²) in [4.78, 5) is 14.3. The van der Waals surface area contributed by atoms with Crippen LogP contribution in [-0.4, -0.2) is 19.6 Å². The van der Waals surface area contributed by atoms with Crippen molar-refractivity contribution in [3.05, 3.63) is 91.4 Å². The second-order valence-corrected chi connectivity index (χ2v) is 8.66. The van der Waals surface area contributed by atoms with Crippen LogP contribution in [0.3, 0.4) is 0 Å². The fourth-order valence-electron chi connectivity index (χ4n) is 2.33. The Labute approximate surface area is 186 Å². The predicted molar refractivity (Wildman–Crippen MR) is 116 cm³/mol. The van der Waals surface area contributed by atoms with Crippen molar-refractivity contribution in [1.82, 2.24) is 0 Å². The molecule has 0 aliphatic rings. The van der Waals surface area contributed by atoms with Crippen molar-refractivity contribution in [2.24, 2.45) is 4.99 Å². The number of nitrogens with zero attached hydrogens (tertiary/aromatic N) is 2. The molecule has 0 aliphatic heterocycles. The first-order chi connectivity index (χ1) is 14.2. The van der Waals surface area contributed by atoms with Gasteiger partial charge in [0.05, 0.1) is 15.6 Å². The molecule has 154 valence electrons. The molecule has 0 spiro atoms. The summed E-state index contributed by atoms with van der Waals surface area (Å²) in [5.74, 6) is -0.165. The summed E-state index contributed by atoms with van der Waals surface area (Å²) in [6, 6.07) is 13.6. The molecular weight excluding hydrogens is 475 g/mol. The smallest absolute Gasteiger partial charge is 0.339 e. The van der Waals surface area contributed by atoms with E-state index >= 15 is 0 Å². The standard InChI is InChI=1S/C19H11Cl3N2O5S/c20-13-1-7-17(8-2-13)30(27,28)29-19-12(9-14(21)10-18(19)22)11-23-15-3-5-16(6-4-15)24(25)26/h1-11H. The Hall–Kier alpha value is -2.65. The third kappa shape index (κ3) is 5.28. The zero-order valence-corrected chi connectivity index (χ0v) is 17.9. The number of non-ortho nitro benzene ring substituents is 1. The first kappa shape index (κ1) is 22.0. The maximum atomic E-state index is 12.6. The number of rotatable bonds is 6. The molecule has 0 amide bonds. The van der Waals surface area contributed by atoms with Gasteiger partial charge in [-0.05, 0) is 48.5 Å². The number of aliphatic imine (C=N–C) groups is 1. The van der Waals surface area contributed by atoms with Gasteiger partial charge < -0.3 is 4.18 Å². The molecule has 0 radical (unpaired) electrons. The Kier molecular flexibility index (Phi) is 6.62. The molecule has 0 saturated carbocycles. The van der Waals surface area contributed by atoms with E-state index in [1.54, 1.807) is 0 Å². The third-order valence-corrected chi connectivity index (χ3v) is 5.73. The van der Waals surface area contributed by atoms with Gasteiger partial charge in [-0.1, -0.05) is 34.8 Å². The zero-order valence-electron chi connectivity index (χ0n) is 14.8. The molecule has 3 aromatic carbocycles. The van der Waals surface area contributed by atoms with Crippen molar-refractivity contribution >= 4 is 62.5 Å².